The van der Waals surface area contributed by atoms with E-state index in [4.69, 9.17) is 4.74 Å². The third kappa shape index (κ3) is 5.12. The highest BCUT2D eigenvalue weighted by Gasteiger charge is 2.11. The molecule has 2 aromatic heterocycles. The van der Waals surface area contributed by atoms with Gasteiger partial charge in [0.15, 0.2) is 0 Å². The molecule has 34 heavy (non-hydrogen) atoms. The molecule has 5 rings (SSSR count). The molecule has 0 atom stereocenters. The number of hydrogen-bond acceptors (Lipinski definition) is 4. The highest BCUT2D eigenvalue weighted by atomic mass is 32.2. The maximum Gasteiger partial charge on any atom is 0.147 e. The smallest absolute Gasteiger partial charge is 0.147 e. The number of hydrogen-bond donors (Lipinski definition) is 0. The molecule has 5 nitrogen and oxygen atoms in total. The van der Waals surface area contributed by atoms with Gasteiger partial charge in [-0.25, -0.2) is 0 Å². The SMILES string of the molecule is CSc1ccc(C(C)C)c2cn(C)nc12.Cc1ccc(OCc2ccccc2)c2nn(C)cc12. The zero-order valence-electron chi connectivity index (χ0n) is 20.7. The number of rotatable bonds is 5. The Labute approximate surface area is 205 Å². The average Bonchev–Trinajstić information content (AvgIpc) is 3.41. The van der Waals surface area contributed by atoms with Crippen molar-refractivity contribution in [1.82, 2.24) is 19.6 Å². The van der Waals surface area contributed by atoms with Gasteiger partial charge in [-0.15, -0.1) is 11.8 Å². The van der Waals surface area contributed by atoms with Gasteiger partial charge in [0.25, 0.3) is 0 Å². The van der Waals surface area contributed by atoms with Gasteiger partial charge in [-0.1, -0.05) is 56.3 Å². The Kier molecular flexibility index (Phi) is 7.27. The predicted molar refractivity (Wildman–Crippen MR) is 143 cm³/mol. The van der Waals surface area contributed by atoms with Gasteiger partial charge in [0.1, 0.15) is 23.4 Å². The normalized spacial score (nSPS) is 11.1. The zero-order valence-corrected chi connectivity index (χ0v) is 21.6. The molecule has 0 aliphatic carbocycles. The molecule has 2 heterocycles. The van der Waals surface area contributed by atoms with E-state index in [1.54, 1.807) is 11.8 Å². The molecule has 0 saturated heterocycles. The van der Waals surface area contributed by atoms with Gasteiger partial charge in [0.2, 0.25) is 0 Å². The van der Waals surface area contributed by atoms with Gasteiger partial charge in [0.05, 0.1) is 0 Å². The molecular weight excluding hydrogens is 440 g/mol. The van der Waals surface area contributed by atoms with Crippen molar-refractivity contribution >= 4 is 33.6 Å². The number of aryl methyl sites for hydroxylation is 3. The minimum atomic E-state index is 0.549. The van der Waals surface area contributed by atoms with E-state index in [1.807, 2.05) is 53.9 Å². The van der Waals surface area contributed by atoms with Gasteiger partial charge in [-0.3, -0.25) is 9.36 Å². The minimum absolute atomic E-state index is 0.549. The second-order valence-electron chi connectivity index (χ2n) is 8.80. The molecule has 0 aliphatic rings. The molecule has 0 fully saturated rings. The lowest BCUT2D eigenvalue weighted by atomic mass is 10.00. The standard InChI is InChI=1S/C16H16N2O.C12H16N2S/c1-12-8-9-15(16-14(12)10-18(2)17-16)19-11-13-6-4-3-5-7-13;1-8(2)9-5-6-11(15-4)12-10(9)7-14(3)13-12/h3-10H,11H2,1-2H3;5-8H,1-4H3. The Hall–Kier alpha value is -3.25. The first-order valence-corrected chi connectivity index (χ1v) is 12.7. The Balaban J connectivity index is 0.000000166. The van der Waals surface area contributed by atoms with Crippen LogP contribution >= 0.6 is 11.8 Å². The van der Waals surface area contributed by atoms with Crippen molar-refractivity contribution in [3.63, 3.8) is 0 Å². The van der Waals surface area contributed by atoms with Gasteiger partial charge >= 0.3 is 0 Å². The Bertz CT molecular complexity index is 1400. The van der Waals surface area contributed by atoms with E-state index in [0.29, 0.717) is 12.5 Å². The van der Waals surface area contributed by atoms with E-state index in [0.717, 1.165) is 27.7 Å². The quantitative estimate of drug-likeness (QED) is 0.262. The lowest BCUT2D eigenvalue weighted by molar-refractivity contribution is 0.309. The number of ether oxygens (including phenoxy) is 1. The zero-order chi connectivity index (χ0) is 24.2. The Morgan fingerprint density at radius 1 is 0.853 bits per heavy atom. The summed E-state index contributed by atoms with van der Waals surface area (Å²) in [4.78, 5) is 1.26. The summed E-state index contributed by atoms with van der Waals surface area (Å²) in [6.07, 6.45) is 6.24. The van der Waals surface area contributed by atoms with Crippen LogP contribution in [0.25, 0.3) is 21.8 Å². The van der Waals surface area contributed by atoms with E-state index in [1.165, 1.54) is 21.4 Å². The van der Waals surface area contributed by atoms with Crippen molar-refractivity contribution in [2.75, 3.05) is 6.26 Å². The van der Waals surface area contributed by atoms with Crippen LogP contribution < -0.4 is 4.74 Å². The maximum atomic E-state index is 5.90. The largest absolute Gasteiger partial charge is 0.487 e. The Morgan fingerprint density at radius 2 is 1.53 bits per heavy atom. The monoisotopic (exact) mass is 472 g/mol. The molecule has 3 aromatic carbocycles. The average molecular weight is 473 g/mol. The summed E-state index contributed by atoms with van der Waals surface area (Å²) in [5, 5.41) is 11.4. The highest BCUT2D eigenvalue weighted by molar-refractivity contribution is 7.98. The molecule has 5 aromatic rings. The van der Waals surface area contributed by atoms with Crippen LogP contribution in [-0.2, 0) is 20.7 Å². The summed E-state index contributed by atoms with van der Waals surface area (Å²) in [6.45, 7) is 7.10. The van der Waals surface area contributed by atoms with Crippen LogP contribution in [-0.4, -0.2) is 25.8 Å². The summed E-state index contributed by atoms with van der Waals surface area (Å²) in [5.41, 5.74) is 5.83. The van der Waals surface area contributed by atoms with Gasteiger partial charge in [-0.2, -0.15) is 10.2 Å². The van der Waals surface area contributed by atoms with Crippen molar-refractivity contribution in [2.24, 2.45) is 14.1 Å². The molecule has 0 unspecified atom stereocenters. The summed E-state index contributed by atoms with van der Waals surface area (Å²) < 4.78 is 9.62. The fourth-order valence-corrected chi connectivity index (χ4v) is 4.61. The summed E-state index contributed by atoms with van der Waals surface area (Å²) >= 11 is 1.76. The lowest BCUT2D eigenvalue weighted by Gasteiger charge is -2.07. The second-order valence-corrected chi connectivity index (χ2v) is 9.64. The van der Waals surface area contributed by atoms with Crippen molar-refractivity contribution in [3.8, 4) is 5.75 Å². The minimum Gasteiger partial charge on any atom is -0.487 e. The topological polar surface area (TPSA) is 44.9 Å². The molecule has 6 heteroatoms. The highest BCUT2D eigenvalue weighted by Crippen LogP contribution is 2.31. The summed E-state index contributed by atoms with van der Waals surface area (Å²) in [6, 6.07) is 18.6. The maximum absolute atomic E-state index is 5.90. The van der Waals surface area contributed by atoms with E-state index < -0.39 is 0 Å². The van der Waals surface area contributed by atoms with Crippen LogP contribution in [0.15, 0.2) is 71.9 Å². The lowest BCUT2D eigenvalue weighted by Crippen LogP contribution is -1.96. The molecule has 0 aliphatic heterocycles. The van der Waals surface area contributed by atoms with E-state index in [2.05, 4.69) is 73.8 Å². The molecule has 176 valence electrons. The van der Waals surface area contributed by atoms with Gasteiger partial charge < -0.3 is 4.74 Å². The van der Waals surface area contributed by atoms with Crippen LogP contribution in [0.2, 0.25) is 0 Å². The third-order valence-corrected chi connectivity index (χ3v) is 6.61. The molecular formula is C28H32N4OS. The Morgan fingerprint density at radius 3 is 2.21 bits per heavy atom. The van der Waals surface area contributed by atoms with Crippen molar-refractivity contribution in [1.29, 1.82) is 0 Å². The fourth-order valence-electron chi connectivity index (χ4n) is 4.06. The number of fused-ring (bicyclic) bond motifs is 2. The number of benzene rings is 3. The number of thioether (sulfide) groups is 1. The molecule has 0 saturated carbocycles. The third-order valence-electron chi connectivity index (χ3n) is 5.84. The van der Waals surface area contributed by atoms with E-state index >= 15 is 0 Å². The van der Waals surface area contributed by atoms with Gasteiger partial charge in [0, 0.05) is 42.2 Å². The fraction of sp³-hybridized carbons (Fsp3) is 0.286. The van der Waals surface area contributed by atoms with E-state index in [-0.39, 0.29) is 0 Å². The summed E-state index contributed by atoms with van der Waals surface area (Å²) in [5.74, 6) is 1.39. The molecule has 0 amide bonds. The predicted octanol–water partition coefficient (Wildman–Crippen LogP) is 6.88. The molecule has 0 radical (unpaired) electrons. The van der Waals surface area contributed by atoms with Crippen LogP contribution in [0.5, 0.6) is 5.75 Å². The first kappa shape index (κ1) is 23.9. The first-order valence-electron chi connectivity index (χ1n) is 11.5. The van der Waals surface area contributed by atoms with Crippen molar-refractivity contribution in [3.05, 3.63) is 83.7 Å². The first-order chi connectivity index (χ1) is 16.4. The van der Waals surface area contributed by atoms with E-state index in [9.17, 15) is 0 Å². The number of nitrogens with zero attached hydrogens (tertiary/aromatic N) is 4. The second kappa shape index (κ2) is 10.3. The van der Waals surface area contributed by atoms with Crippen LogP contribution in [0.4, 0.5) is 0 Å². The summed E-state index contributed by atoms with van der Waals surface area (Å²) in [7, 11) is 3.91. The molecule has 0 N–H and O–H groups in total. The molecule has 0 spiro atoms. The van der Waals surface area contributed by atoms with Gasteiger partial charge in [-0.05, 0) is 47.9 Å². The number of aromatic nitrogens is 4. The van der Waals surface area contributed by atoms with Crippen molar-refractivity contribution in [2.45, 2.75) is 38.2 Å². The van der Waals surface area contributed by atoms with Crippen LogP contribution in [0.3, 0.4) is 0 Å². The van der Waals surface area contributed by atoms with Crippen LogP contribution in [0.1, 0.15) is 36.5 Å². The van der Waals surface area contributed by atoms with Crippen LogP contribution in [0, 0.1) is 6.92 Å². The van der Waals surface area contributed by atoms with Crippen molar-refractivity contribution < 1.29 is 4.74 Å². The molecule has 0 bridgehead atoms.